The Hall–Kier alpha value is -1.47. The molecule has 14 bridgehead atoms. The first-order valence-electron chi connectivity index (χ1n) is 27.0. The van der Waals surface area contributed by atoms with Crippen LogP contribution in [0.3, 0.4) is 0 Å². The molecule has 0 aromatic heterocycles. The fraction of sp³-hybridized carbons (Fsp3) is 1.00. The number of aliphatic hydroxyl groups excluding tert-OH is 14. The van der Waals surface area contributed by atoms with Crippen LogP contribution in [0.15, 0.2) is 32.1 Å². The average molecular weight is 1450 g/mol. The Bertz CT molecular complexity index is 1940. The molecular weight excluding hydrogens is 1390 g/mol. The van der Waals surface area contributed by atoms with E-state index < -0.39 is 255 Å². The Morgan fingerprint density at radius 1 is 0.187 bits per heavy atom. The van der Waals surface area contributed by atoms with E-state index in [1.807, 2.05) is 0 Å². The van der Waals surface area contributed by atoms with Gasteiger partial charge in [-0.1, -0.05) is 0 Å². The summed E-state index contributed by atoms with van der Waals surface area (Å²) < 4.78 is 102. The van der Waals surface area contributed by atoms with Crippen LogP contribution in [0.25, 0.3) is 0 Å². The molecule has 49 heteroatoms. The number of aliphatic hydroxyl groups is 14. The number of nitrogens with zero attached hydrogens (tertiary/aromatic N) is 7. The van der Waals surface area contributed by atoms with E-state index in [4.69, 9.17) is 66.3 Å². The van der Waals surface area contributed by atoms with Crippen LogP contribution in [-0.4, -0.2) is 327 Å². The second-order valence-electron chi connectivity index (χ2n) is 21.0. The number of hydrogen-bond donors (Lipinski definition) is 14. The van der Waals surface area contributed by atoms with Gasteiger partial charge in [0.25, 0.3) is 0 Å². The van der Waals surface area contributed by atoms with Crippen molar-refractivity contribution in [1.29, 1.82) is 0 Å². The van der Waals surface area contributed by atoms with Gasteiger partial charge in [-0.2, -0.15) is 0 Å². The molecule has 0 radical (unpaired) electrons. The Morgan fingerprint density at radius 3 is 0.396 bits per heavy atom. The molecular formula is C42H63N7O35S7. The summed E-state index contributed by atoms with van der Waals surface area (Å²) in [6.45, 7) is 0. The molecule has 14 N–H and O–H groups in total. The van der Waals surface area contributed by atoms with Crippen LogP contribution in [0.2, 0.25) is 0 Å². The van der Waals surface area contributed by atoms with E-state index >= 15 is 0 Å². The fourth-order valence-electron chi connectivity index (χ4n) is 11.1. The van der Waals surface area contributed by atoms with Gasteiger partial charge < -0.3 is 138 Å². The van der Waals surface area contributed by atoms with Crippen molar-refractivity contribution in [3.05, 3.63) is 34.3 Å². The summed E-state index contributed by atoms with van der Waals surface area (Å²) in [4.78, 5) is 80.4. The average Bonchev–Trinajstić information content (AvgIpc) is 0.799. The highest BCUT2D eigenvalue weighted by Gasteiger charge is 2.60. The third-order valence-corrected chi connectivity index (χ3v) is 19.6. The van der Waals surface area contributed by atoms with Crippen molar-refractivity contribution < 1.29 is 138 Å². The molecule has 0 spiro atoms. The van der Waals surface area contributed by atoms with Crippen molar-refractivity contribution in [2.45, 2.75) is 215 Å². The minimum Gasteiger partial charge on any atom is -0.387 e. The highest BCUT2D eigenvalue weighted by atomic mass is 32.2. The Kier molecular flexibility index (Phi) is 29.2. The van der Waals surface area contributed by atoms with Crippen molar-refractivity contribution in [3.8, 4) is 0 Å². The highest BCUT2D eigenvalue weighted by Crippen LogP contribution is 2.41. The predicted molar refractivity (Wildman–Crippen MR) is 307 cm³/mol. The van der Waals surface area contributed by atoms with Gasteiger partial charge >= 0.3 is 0 Å². The molecule has 0 aliphatic carbocycles. The smallest absolute Gasteiger partial charge is 0.187 e. The minimum atomic E-state index is -2.27. The van der Waals surface area contributed by atoms with Gasteiger partial charge in [0.1, 0.15) is 171 Å². The maximum Gasteiger partial charge on any atom is 0.187 e. The fourth-order valence-corrected chi connectivity index (χ4v) is 14.4. The first kappa shape index (κ1) is 75.3. The van der Waals surface area contributed by atoms with E-state index in [0.29, 0.717) is 0 Å². The number of ether oxygens (including phenoxy) is 14. The lowest BCUT2D eigenvalue weighted by Gasteiger charge is -2.50. The number of hydrogen-bond acceptors (Lipinski definition) is 49. The quantitative estimate of drug-likeness (QED) is 0.0377. The SMILES string of the molecule is O=NSC[C@H]1O[C@@H]2O[C@H]3[C@H](O)[C@@H](O)[C@@H](O[C@H]4[C@H](O)[C@@H](O)[C@@H](O[C@H]5[C@H](O)[C@@H](O)[C@@H](O[C@H]6[C@H](O)[C@@H](O)[C@@H](O[C@H]7[C@H](O)[C@@H](O)[C@@H](O[C@H]8[C@H](O)[C@@H](O)[C@@H](O[C@H]1[C@H](O)[C@H]2O)O[C@@H]8CSN=O)O[C@@H]7CSN=O)O[C@@H]6CSN=O)O[C@@H]5CSN=O)O[C@@H]4CSN=O)O[C@@H]3CSN=O. The highest BCUT2D eigenvalue weighted by molar-refractivity contribution is 7.99. The van der Waals surface area contributed by atoms with E-state index in [1.54, 1.807) is 0 Å². The first-order chi connectivity index (χ1) is 43.7. The molecule has 21 aliphatic heterocycles. The maximum atomic E-state index is 11.7. The van der Waals surface area contributed by atoms with E-state index in [0.717, 1.165) is 0 Å². The van der Waals surface area contributed by atoms with E-state index in [1.165, 1.54) is 0 Å². The summed E-state index contributed by atoms with van der Waals surface area (Å²) >= 11 is 1.95. The van der Waals surface area contributed by atoms with Gasteiger partial charge in [0.15, 0.2) is 44.0 Å². The van der Waals surface area contributed by atoms with Crippen molar-refractivity contribution in [3.63, 3.8) is 0 Å². The standard InChI is InChI=1S/C42H63N7O35S7/c50-15-22(57)36-71-8(1-85-43-64)29(15)78-37-23(58)16(51)31(10(72-37)3-87-45-66)80-39-25(60)18(53)33(12(74-39)5-89-47-68)82-41-27(62)20(55)35(14(76-41)7-91-49-70)84-42-28(63)21(56)34(13(77-42)6-90-48-69)83-40-26(61)19(54)32(11(75-40)4-88-46-67)81-38-24(59)17(52)30(79-36)9(73-38)2-86-44-65/h8-42,50-63H,1-7H2/t8-,9-,10-,11-,12-,13-,14-,15-,16-,17-,18-,19-,20-,21-,22-,23-,24-,25-,26-,27-,28-,29-,30-,31-,32-,33-,34-,35-,36-,37-,38-,39-,40-,41-,42-/m1/s1. The monoisotopic (exact) mass is 1450 g/mol. The lowest BCUT2D eigenvalue weighted by molar-refractivity contribution is -0.389. The summed E-state index contributed by atoms with van der Waals surface area (Å²) in [5, 5.41) is 163. The van der Waals surface area contributed by atoms with Gasteiger partial charge in [-0.25, -0.2) is 0 Å². The molecule has 21 rings (SSSR count). The van der Waals surface area contributed by atoms with Crippen LogP contribution in [0.1, 0.15) is 0 Å². The topological polar surface area (TPSA) is 618 Å². The zero-order chi connectivity index (χ0) is 66.0. The van der Waals surface area contributed by atoms with Crippen LogP contribution in [0.5, 0.6) is 0 Å². The Morgan fingerprint density at radius 2 is 0.297 bits per heavy atom. The van der Waals surface area contributed by atoms with Gasteiger partial charge in [-0.3, -0.25) is 0 Å². The van der Waals surface area contributed by atoms with Crippen LogP contribution < -0.4 is 0 Å². The van der Waals surface area contributed by atoms with E-state index in [2.05, 4.69) is 32.1 Å². The van der Waals surface area contributed by atoms with Crippen molar-refractivity contribution in [2.24, 2.45) is 32.1 Å². The Labute approximate surface area is 540 Å². The molecule has 0 unspecified atom stereocenters. The summed E-state index contributed by atoms with van der Waals surface area (Å²) in [6.07, 6.45) is -70.9. The molecule has 21 aliphatic rings. The van der Waals surface area contributed by atoms with Crippen LogP contribution in [-0.2, 0) is 66.3 Å². The normalized spacial score (nSPS) is 48.3. The number of rotatable bonds is 21. The Balaban J connectivity index is 1.15. The second-order valence-corrected chi connectivity index (χ2v) is 26.1. The molecule has 21 fully saturated rings. The van der Waals surface area contributed by atoms with Crippen molar-refractivity contribution in [1.82, 2.24) is 0 Å². The third kappa shape index (κ3) is 17.5. The maximum absolute atomic E-state index is 11.7. The van der Waals surface area contributed by atoms with Crippen LogP contribution >= 0.6 is 83.6 Å². The van der Waals surface area contributed by atoms with Gasteiger partial charge in [0, 0.05) is 156 Å². The summed E-state index contributed by atoms with van der Waals surface area (Å²) in [6, 6.07) is 0. The zero-order valence-corrected chi connectivity index (χ0v) is 51.7. The summed E-state index contributed by atoms with van der Waals surface area (Å²) in [5.74, 6) is -3.90. The molecule has 35 atom stereocenters. The van der Waals surface area contributed by atoms with Gasteiger partial charge in [0.2, 0.25) is 0 Å². The molecule has 0 saturated carbocycles. The lowest BCUT2D eigenvalue weighted by Crippen LogP contribution is -2.68. The molecule has 0 aromatic carbocycles. The molecule has 21 saturated heterocycles. The molecule has 21 heterocycles. The van der Waals surface area contributed by atoms with Gasteiger partial charge in [-0.15, -0.1) is 34.3 Å². The van der Waals surface area contributed by atoms with Crippen molar-refractivity contribution >= 4 is 83.6 Å². The summed E-state index contributed by atoms with van der Waals surface area (Å²) in [7, 11) is 0. The minimum absolute atomic E-state index is 0.278. The lowest BCUT2D eigenvalue weighted by atomic mass is 9.95. The first-order valence-corrected chi connectivity index (χ1v) is 33.6. The van der Waals surface area contributed by atoms with Crippen LogP contribution in [0, 0.1) is 34.3 Å². The molecule has 42 nitrogen and oxygen atoms in total. The van der Waals surface area contributed by atoms with E-state index in [9.17, 15) is 106 Å². The van der Waals surface area contributed by atoms with Crippen LogP contribution in [0.4, 0.5) is 0 Å². The molecule has 0 aromatic rings. The van der Waals surface area contributed by atoms with E-state index in [-0.39, 0.29) is 83.6 Å². The third-order valence-electron chi connectivity index (χ3n) is 15.6. The summed E-state index contributed by atoms with van der Waals surface area (Å²) in [5.41, 5.74) is 0. The molecule has 518 valence electrons. The molecule has 91 heavy (non-hydrogen) atoms. The molecule has 0 amide bonds. The van der Waals surface area contributed by atoms with Gasteiger partial charge in [-0.05, 0) is 0 Å². The predicted octanol–water partition coefficient (Wildman–Crippen LogP) is -5.27. The van der Waals surface area contributed by atoms with Gasteiger partial charge in [0.05, 0.1) is 0 Å². The zero-order valence-electron chi connectivity index (χ0n) is 46.0. The van der Waals surface area contributed by atoms with Crippen molar-refractivity contribution in [2.75, 3.05) is 40.3 Å². The second kappa shape index (κ2) is 35.3. The largest absolute Gasteiger partial charge is 0.387 e. The number of nitroso groups, excluding NO2 is 7.